The summed E-state index contributed by atoms with van der Waals surface area (Å²) in [5.74, 6) is 0.427. The van der Waals surface area contributed by atoms with Crippen molar-refractivity contribution in [2.45, 2.75) is 0 Å². The molecule has 2 N–H and O–H groups in total. The second-order valence-corrected chi connectivity index (χ2v) is 10.4. The molecule has 2 aromatic heterocycles. The number of benzene rings is 3. The topological polar surface area (TPSA) is 106 Å². The highest BCUT2D eigenvalue weighted by Gasteiger charge is 2.18. The van der Waals surface area contributed by atoms with E-state index >= 15 is 0 Å². The molecule has 5 aromatic rings. The molecule has 1 aliphatic heterocycles. The average Bonchev–Trinajstić information content (AvgIpc) is 3.39. The number of amides is 2. The van der Waals surface area contributed by atoms with Crippen LogP contribution in [0.5, 0.6) is 5.75 Å². The van der Waals surface area contributed by atoms with Crippen molar-refractivity contribution in [3.05, 3.63) is 90.1 Å². The van der Waals surface area contributed by atoms with Crippen LogP contribution >= 0.6 is 11.3 Å². The first-order valence-corrected chi connectivity index (χ1v) is 13.8. The maximum absolute atomic E-state index is 13.5. The number of carbonyl (C=O) groups excluding carboxylic acids is 2. The molecule has 3 heterocycles. The Labute approximate surface area is 234 Å². The molecule has 202 valence electrons. The molecule has 0 radical (unpaired) electrons. The summed E-state index contributed by atoms with van der Waals surface area (Å²) >= 11 is 1.31. The molecule has 0 spiro atoms. The van der Waals surface area contributed by atoms with E-state index in [-0.39, 0.29) is 11.8 Å². The van der Waals surface area contributed by atoms with Gasteiger partial charge in [0.2, 0.25) is 0 Å². The summed E-state index contributed by atoms with van der Waals surface area (Å²) in [6.07, 6.45) is 1.62. The first kappa shape index (κ1) is 25.9. The summed E-state index contributed by atoms with van der Waals surface area (Å²) in [5, 5.41) is 8.10. The predicted molar refractivity (Wildman–Crippen MR) is 156 cm³/mol. The van der Waals surface area contributed by atoms with Gasteiger partial charge in [-0.25, -0.2) is 9.97 Å². The molecule has 2 amide bonds. The van der Waals surface area contributed by atoms with Gasteiger partial charge in [-0.1, -0.05) is 41.7 Å². The standard InChI is InChI=1S/C30H27N5O4S/c36-28(33-27-7-3-4-10-31-27)22-8-9-24-26(19-22)40-30(32-24)34-29(37)23-17-20-5-1-2-6-21(20)18-25(23)39-16-13-35-11-14-38-15-12-35/h1-10,17-19H,11-16H2,(H,31,33,36)(H,32,34,37). The molecule has 3 aromatic carbocycles. The lowest BCUT2D eigenvalue weighted by Crippen LogP contribution is -2.38. The summed E-state index contributed by atoms with van der Waals surface area (Å²) in [6, 6.07) is 22.2. The van der Waals surface area contributed by atoms with E-state index in [1.807, 2.05) is 36.4 Å². The molecule has 0 atom stereocenters. The highest BCUT2D eigenvalue weighted by atomic mass is 32.1. The van der Waals surface area contributed by atoms with Crippen molar-refractivity contribution < 1.29 is 19.1 Å². The normalized spacial score (nSPS) is 13.8. The Balaban J connectivity index is 1.20. The molecule has 0 saturated carbocycles. The van der Waals surface area contributed by atoms with Gasteiger partial charge in [0, 0.05) is 31.4 Å². The number of ether oxygens (including phenoxy) is 2. The summed E-state index contributed by atoms with van der Waals surface area (Å²) in [4.78, 5) is 37.2. The van der Waals surface area contributed by atoms with E-state index in [0.29, 0.717) is 39.9 Å². The van der Waals surface area contributed by atoms with Gasteiger partial charge in [0.1, 0.15) is 18.2 Å². The molecule has 10 heteroatoms. The third-order valence-electron chi connectivity index (χ3n) is 6.64. The number of fused-ring (bicyclic) bond motifs is 2. The minimum atomic E-state index is -0.306. The van der Waals surface area contributed by atoms with Crippen LogP contribution in [0.25, 0.3) is 21.0 Å². The highest BCUT2D eigenvalue weighted by molar-refractivity contribution is 7.22. The Morgan fingerprint density at radius 1 is 0.925 bits per heavy atom. The zero-order valence-electron chi connectivity index (χ0n) is 21.6. The number of hydrogen-bond donors (Lipinski definition) is 2. The Morgan fingerprint density at radius 2 is 1.73 bits per heavy atom. The molecule has 0 aliphatic carbocycles. The summed E-state index contributed by atoms with van der Waals surface area (Å²) in [5.41, 5.74) is 1.61. The summed E-state index contributed by atoms with van der Waals surface area (Å²) in [6.45, 7) is 4.41. The van der Waals surface area contributed by atoms with Gasteiger partial charge in [0.25, 0.3) is 11.8 Å². The lowest BCUT2D eigenvalue weighted by atomic mass is 10.1. The van der Waals surface area contributed by atoms with Gasteiger partial charge >= 0.3 is 0 Å². The maximum atomic E-state index is 13.5. The van der Waals surface area contributed by atoms with Gasteiger partial charge in [0.15, 0.2) is 5.13 Å². The van der Waals surface area contributed by atoms with Gasteiger partial charge in [-0.15, -0.1) is 0 Å². The largest absolute Gasteiger partial charge is 0.491 e. The summed E-state index contributed by atoms with van der Waals surface area (Å²) in [7, 11) is 0. The number of hydrogen-bond acceptors (Lipinski definition) is 8. The fourth-order valence-corrected chi connectivity index (χ4v) is 5.43. The fourth-order valence-electron chi connectivity index (χ4n) is 4.53. The molecule has 0 bridgehead atoms. The smallest absolute Gasteiger partial charge is 0.261 e. The minimum absolute atomic E-state index is 0.269. The summed E-state index contributed by atoms with van der Waals surface area (Å²) < 4.78 is 12.3. The van der Waals surface area contributed by atoms with Crippen LogP contribution < -0.4 is 15.4 Å². The minimum Gasteiger partial charge on any atom is -0.491 e. The van der Waals surface area contributed by atoms with Crippen molar-refractivity contribution >= 4 is 55.1 Å². The van der Waals surface area contributed by atoms with Gasteiger partial charge in [-0.3, -0.25) is 19.8 Å². The van der Waals surface area contributed by atoms with Crippen molar-refractivity contribution in [3.63, 3.8) is 0 Å². The van der Waals surface area contributed by atoms with Gasteiger partial charge in [-0.05, 0) is 53.2 Å². The van der Waals surface area contributed by atoms with Crippen LogP contribution in [0.15, 0.2) is 79.0 Å². The molecule has 1 fully saturated rings. The molecule has 40 heavy (non-hydrogen) atoms. The number of thiazole rings is 1. The van der Waals surface area contributed by atoms with Crippen molar-refractivity contribution in [2.24, 2.45) is 0 Å². The maximum Gasteiger partial charge on any atom is 0.261 e. The monoisotopic (exact) mass is 553 g/mol. The Bertz CT molecular complexity index is 1670. The van der Waals surface area contributed by atoms with Crippen LogP contribution in [0.2, 0.25) is 0 Å². The number of carbonyl (C=O) groups is 2. The van der Waals surface area contributed by atoms with Crippen molar-refractivity contribution in [2.75, 3.05) is 50.1 Å². The van der Waals surface area contributed by atoms with E-state index in [2.05, 4.69) is 25.5 Å². The molecule has 1 saturated heterocycles. The van der Waals surface area contributed by atoms with E-state index in [4.69, 9.17) is 9.47 Å². The van der Waals surface area contributed by atoms with E-state index < -0.39 is 0 Å². The number of rotatable bonds is 8. The van der Waals surface area contributed by atoms with E-state index in [9.17, 15) is 9.59 Å². The van der Waals surface area contributed by atoms with Gasteiger partial charge in [-0.2, -0.15) is 0 Å². The molecular formula is C30H27N5O4S. The first-order chi connectivity index (χ1) is 19.6. The SMILES string of the molecule is O=C(Nc1ccccn1)c1ccc2nc(NC(=O)c3cc4ccccc4cc3OCCN3CCOCC3)sc2c1. The van der Waals surface area contributed by atoms with Crippen molar-refractivity contribution in [1.82, 2.24) is 14.9 Å². The lowest BCUT2D eigenvalue weighted by molar-refractivity contribution is 0.0322. The van der Waals surface area contributed by atoms with Crippen LogP contribution in [-0.2, 0) is 4.74 Å². The average molecular weight is 554 g/mol. The lowest BCUT2D eigenvalue weighted by Gasteiger charge is -2.26. The van der Waals surface area contributed by atoms with E-state index in [0.717, 1.165) is 48.3 Å². The molecule has 9 nitrogen and oxygen atoms in total. The fraction of sp³-hybridized carbons (Fsp3) is 0.200. The number of aromatic nitrogens is 2. The Kier molecular flexibility index (Phi) is 7.62. The highest BCUT2D eigenvalue weighted by Crippen LogP contribution is 2.30. The zero-order valence-corrected chi connectivity index (χ0v) is 22.4. The van der Waals surface area contributed by atoms with Crippen LogP contribution in [0, 0.1) is 0 Å². The quantitative estimate of drug-likeness (QED) is 0.277. The first-order valence-electron chi connectivity index (χ1n) is 13.0. The van der Waals surface area contributed by atoms with Crippen LogP contribution in [0.3, 0.4) is 0 Å². The molecule has 1 aliphatic rings. The second kappa shape index (κ2) is 11.8. The van der Waals surface area contributed by atoms with Crippen molar-refractivity contribution in [1.29, 1.82) is 0 Å². The second-order valence-electron chi connectivity index (χ2n) is 9.32. The number of nitrogens with one attached hydrogen (secondary N) is 2. The number of nitrogens with zero attached hydrogens (tertiary/aromatic N) is 3. The van der Waals surface area contributed by atoms with Crippen LogP contribution in [-0.4, -0.2) is 66.1 Å². The molecule has 6 rings (SSSR count). The zero-order chi connectivity index (χ0) is 27.3. The number of morpholine rings is 1. The number of pyridine rings is 1. The van der Waals surface area contributed by atoms with E-state index in [1.54, 1.807) is 42.6 Å². The predicted octanol–water partition coefficient (Wildman–Crippen LogP) is 5.06. The third kappa shape index (κ3) is 5.94. The Morgan fingerprint density at radius 3 is 2.52 bits per heavy atom. The van der Waals surface area contributed by atoms with Crippen LogP contribution in [0.1, 0.15) is 20.7 Å². The molecular weight excluding hydrogens is 526 g/mol. The van der Waals surface area contributed by atoms with E-state index in [1.165, 1.54) is 11.3 Å². The third-order valence-corrected chi connectivity index (χ3v) is 7.57. The molecule has 0 unspecified atom stereocenters. The van der Waals surface area contributed by atoms with Gasteiger partial charge < -0.3 is 14.8 Å². The Hall–Kier alpha value is -4.38. The van der Waals surface area contributed by atoms with Crippen LogP contribution in [0.4, 0.5) is 10.9 Å². The van der Waals surface area contributed by atoms with Gasteiger partial charge in [0.05, 0.1) is 29.0 Å². The number of anilines is 2. The van der Waals surface area contributed by atoms with Crippen molar-refractivity contribution in [3.8, 4) is 5.75 Å².